The molecule has 0 saturated heterocycles. The van der Waals surface area contributed by atoms with Gasteiger partial charge in [0.25, 0.3) is 5.91 Å². The fourth-order valence-electron chi connectivity index (χ4n) is 1.98. The SMILES string of the molecule is C=C(O/C=C\C)C(N=C(N)C(=C)C(=O)NCc1cc(C)cnc1F)=C(C)C. The van der Waals surface area contributed by atoms with Crippen LogP contribution >= 0.6 is 0 Å². The minimum absolute atomic E-state index is 0.0434. The zero-order valence-electron chi connectivity index (χ0n) is 16.1. The van der Waals surface area contributed by atoms with Crippen LogP contribution in [0.5, 0.6) is 0 Å². The van der Waals surface area contributed by atoms with E-state index in [4.69, 9.17) is 10.5 Å². The second-order valence-electron chi connectivity index (χ2n) is 5.98. The molecule has 0 radical (unpaired) electrons. The van der Waals surface area contributed by atoms with Crippen LogP contribution in [0, 0.1) is 12.9 Å². The van der Waals surface area contributed by atoms with E-state index in [1.165, 1.54) is 12.5 Å². The Morgan fingerprint density at radius 2 is 2.11 bits per heavy atom. The van der Waals surface area contributed by atoms with Gasteiger partial charge in [-0.15, -0.1) is 0 Å². The van der Waals surface area contributed by atoms with Crippen LogP contribution in [0.3, 0.4) is 0 Å². The number of hydrogen-bond donors (Lipinski definition) is 2. The number of carbonyl (C=O) groups excluding carboxylic acids is 1. The number of nitrogens with two attached hydrogens (primary N) is 1. The number of nitrogens with one attached hydrogen (secondary N) is 1. The van der Waals surface area contributed by atoms with Gasteiger partial charge in [0.15, 0.2) is 0 Å². The molecule has 0 aliphatic carbocycles. The normalized spacial score (nSPS) is 11.2. The Hall–Kier alpha value is -3.22. The summed E-state index contributed by atoms with van der Waals surface area (Å²) in [5.74, 6) is -1.00. The number of nitrogens with zero attached hydrogens (tertiary/aromatic N) is 2. The van der Waals surface area contributed by atoms with Gasteiger partial charge < -0.3 is 15.8 Å². The van der Waals surface area contributed by atoms with E-state index >= 15 is 0 Å². The molecule has 1 rings (SSSR count). The summed E-state index contributed by atoms with van der Waals surface area (Å²) in [5, 5.41) is 2.55. The number of hydrogen-bond acceptors (Lipinski definition) is 4. The first-order valence-electron chi connectivity index (χ1n) is 8.24. The number of aliphatic imine (C=N–C) groups is 1. The number of aromatic nitrogens is 1. The summed E-state index contributed by atoms with van der Waals surface area (Å²) >= 11 is 0. The lowest BCUT2D eigenvalue weighted by molar-refractivity contribution is -0.117. The average molecular weight is 372 g/mol. The maximum atomic E-state index is 13.7. The van der Waals surface area contributed by atoms with Gasteiger partial charge in [-0.2, -0.15) is 4.39 Å². The summed E-state index contributed by atoms with van der Waals surface area (Å²) in [7, 11) is 0. The molecule has 0 bridgehead atoms. The van der Waals surface area contributed by atoms with E-state index in [1.807, 2.05) is 13.8 Å². The molecule has 0 saturated carbocycles. The van der Waals surface area contributed by atoms with Gasteiger partial charge in [-0.3, -0.25) is 4.79 Å². The first-order chi connectivity index (χ1) is 12.7. The minimum Gasteiger partial charge on any atom is -0.464 e. The summed E-state index contributed by atoms with van der Waals surface area (Å²) in [6.45, 7) is 14.6. The maximum absolute atomic E-state index is 13.7. The minimum atomic E-state index is -0.641. The number of rotatable bonds is 8. The Kier molecular flexibility index (Phi) is 8.13. The van der Waals surface area contributed by atoms with Gasteiger partial charge in [-0.1, -0.05) is 19.2 Å². The van der Waals surface area contributed by atoms with Crippen molar-refractivity contribution in [2.24, 2.45) is 10.7 Å². The van der Waals surface area contributed by atoms with Crippen molar-refractivity contribution in [2.75, 3.05) is 0 Å². The highest BCUT2D eigenvalue weighted by Gasteiger charge is 2.14. The van der Waals surface area contributed by atoms with Crippen molar-refractivity contribution in [1.82, 2.24) is 10.3 Å². The topological polar surface area (TPSA) is 89.6 Å². The largest absolute Gasteiger partial charge is 0.464 e. The molecule has 1 aromatic heterocycles. The zero-order valence-corrected chi connectivity index (χ0v) is 16.1. The smallest absolute Gasteiger partial charge is 0.254 e. The Bertz CT molecular complexity index is 834. The van der Waals surface area contributed by atoms with Crippen LogP contribution in [0.2, 0.25) is 0 Å². The highest BCUT2D eigenvalue weighted by Crippen LogP contribution is 2.17. The van der Waals surface area contributed by atoms with Gasteiger partial charge in [-0.05, 0) is 44.9 Å². The van der Waals surface area contributed by atoms with Crippen molar-refractivity contribution in [3.05, 3.63) is 77.4 Å². The molecule has 0 atom stereocenters. The molecule has 27 heavy (non-hydrogen) atoms. The van der Waals surface area contributed by atoms with Crippen molar-refractivity contribution in [3.63, 3.8) is 0 Å². The van der Waals surface area contributed by atoms with E-state index in [0.29, 0.717) is 5.70 Å². The van der Waals surface area contributed by atoms with Crippen LogP contribution in [-0.2, 0) is 16.1 Å². The fourth-order valence-corrected chi connectivity index (χ4v) is 1.98. The number of ether oxygens (including phenoxy) is 1. The quantitative estimate of drug-likeness (QED) is 0.183. The molecule has 0 unspecified atom stereocenters. The van der Waals surface area contributed by atoms with Crippen LogP contribution in [0.25, 0.3) is 0 Å². The van der Waals surface area contributed by atoms with Crippen molar-refractivity contribution in [2.45, 2.75) is 34.2 Å². The number of allylic oxidation sites excluding steroid dienone is 2. The molecule has 0 fully saturated rings. The molecule has 1 aromatic rings. The van der Waals surface area contributed by atoms with Crippen LogP contribution in [0.15, 0.2) is 65.4 Å². The van der Waals surface area contributed by atoms with Crippen molar-refractivity contribution in [1.29, 1.82) is 0 Å². The Morgan fingerprint density at radius 3 is 2.70 bits per heavy atom. The van der Waals surface area contributed by atoms with E-state index in [9.17, 15) is 9.18 Å². The standard InChI is InChI=1S/C20H25FN4O2/c1-7-8-27-15(6)17(12(2)3)25-19(22)14(5)20(26)24-11-16-9-13(4)10-23-18(16)21/h7-10H,5-6,11H2,1-4H3,(H2,22,25)(H,24,26)/b8-7-. The van der Waals surface area contributed by atoms with E-state index in [1.54, 1.807) is 26.0 Å². The second-order valence-corrected chi connectivity index (χ2v) is 5.98. The highest BCUT2D eigenvalue weighted by molar-refractivity contribution is 6.19. The van der Waals surface area contributed by atoms with E-state index in [2.05, 4.69) is 28.5 Å². The summed E-state index contributed by atoms with van der Waals surface area (Å²) in [4.78, 5) is 20.1. The van der Waals surface area contributed by atoms with Crippen molar-refractivity contribution >= 4 is 11.7 Å². The number of pyridine rings is 1. The second kappa shape index (κ2) is 10.1. The van der Waals surface area contributed by atoms with E-state index < -0.39 is 11.9 Å². The molecule has 0 spiro atoms. The molecule has 6 nitrogen and oxygen atoms in total. The lowest BCUT2D eigenvalue weighted by atomic mass is 10.2. The predicted octanol–water partition coefficient (Wildman–Crippen LogP) is 3.42. The summed E-state index contributed by atoms with van der Waals surface area (Å²) in [6.07, 6.45) is 4.57. The summed E-state index contributed by atoms with van der Waals surface area (Å²) in [6, 6.07) is 1.60. The maximum Gasteiger partial charge on any atom is 0.254 e. The number of aryl methyl sites for hydroxylation is 1. The van der Waals surface area contributed by atoms with Crippen LogP contribution in [0.1, 0.15) is 31.9 Å². The van der Waals surface area contributed by atoms with Gasteiger partial charge in [-0.25, -0.2) is 9.98 Å². The molecule has 144 valence electrons. The van der Waals surface area contributed by atoms with Crippen LogP contribution < -0.4 is 11.1 Å². The molecule has 0 aliphatic heterocycles. The van der Waals surface area contributed by atoms with Gasteiger partial charge in [0.1, 0.15) is 17.3 Å². The third-order valence-electron chi connectivity index (χ3n) is 3.39. The first-order valence-corrected chi connectivity index (χ1v) is 8.24. The molecule has 1 amide bonds. The monoisotopic (exact) mass is 372 g/mol. The van der Waals surface area contributed by atoms with E-state index in [0.717, 1.165) is 11.1 Å². The number of amides is 1. The van der Waals surface area contributed by atoms with Crippen molar-refractivity contribution < 1.29 is 13.9 Å². The number of carbonyl (C=O) groups is 1. The van der Waals surface area contributed by atoms with Gasteiger partial charge >= 0.3 is 0 Å². The Balaban J connectivity index is 2.87. The molecule has 3 N–H and O–H groups in total. The van der Waals surface area contributed by atoms with Crippen LogP contribution in [0.4, 0.5) is 4.39 Å². The third-order valence-corrected chi connectivity index (χ3v) is 3.39. The van der Waals surface area contributed by atoms with Gasteiger partial charge in [0.05, 0.1) is 11.8 Å². The van der Waals surface area contributed by atoms with Gasteiger partial charge in [0.2, 0.25) is 5.95 Å². The molecule has 1 heterocycles. The lowest BCUT2D eigenvalue weighted by Gasteiger charge is -2.11. The predicted molar refractivity (Wildman–Crippen MR) is 105 cm³/mol. The van der Waals surface area contributed by atoms with Crippen molar-refractivity contribution in [3.8, 4) is 0 Å². The molecule has 0 aliphatic rings. The molecular formula is C20H25FN4O2. The fraction of sp³-hybridized carbons (Fsp3) is 0.250. The summed E-state index contributed by atoms with van der Waals surface area (Å²) in [5.41, 5.74) is 8.12. The first kappa shape index (κ1) is 21.8. The third kappa shape index (κ3) is 6.54. The molecule has 7 heteroatoms. The molecule has 0 aromatic carbocycles. The highest BCUT2D eigenvalue weighted by atomic mass is 19.1. The van der Waals surface area contributed by atoms with E-state index in [-0.39, 0.29) is 29.3 Å². The van der Waals surface area contributed by atoms with Crippen LogP contribution in [-0.4, -0.2) is 16.7 Å². The lowest BCUT2D eigenvalue weighted by Crippen LogP contribution is -2.31. The zero-order chi connectivity index (χ0) is 20.6. The Labute approximate surface area is 159 Å². The van der Waals surface area contributed by atoms with Gasteiger partial charge in [0, 0.05) is 18.3 Å². The summed E-state index contributed by atoms with van der Waals surface area (Å²) < 4.78 is 19.0. The Morgan fingerprint density at radius 1 is 1.44 bits per heavy atom. The number of halogens is 1. The average Bonchev–Trinajstić information content (AvgIpc) is 2.63. The molecular weight excluding hydrogens is 347 g/mol. The number of amidine groups is 1.